The molecule has 0 amide bonds. The minimum atomic E-state index is -2.93. The molecule has 0 spiro atoms. The molecule has 0 fully saturated rings. The first-order chi connectivity index (χ1) is 22.5. The van der Waals surface area contributed by atoms with Crippen molar-refractivity contribution in [3.05, 3.63) is 163 Å². The van der Waals surface area contributed by atoms with E-state index >= 15 is 0 Å². The quantitative estimate of drug-likeness (QED) is 0.134. The minimum absolute atomic E-state index is 0.907. The Hall–Kier alpha value is -4.98. The summed E-state index contributed by atoms with van der Waals surface area (Å²) in [6.45, 7) is 2.10. The molecule has 0 aliphatic carbocycles. The second-order valence-corrected chi connectivity index (χ2v) is 13.9. The van der Waals surface area contributed by atoms with Crippen molar-refractivity contribution in [1.82, 2.24) is 0 Å². The van der Waals surface area contributed by atoms with Crippen molar-refractivity contribution >= 4 is 48.1 Å². The van der Waals surface area contributed by atoms with Gasteiger partial charge in [-0.25, -0.2) is 0 Å². The van der Waals surface area contributed by atoms with Crippen LogP contribution in [0.3, 0.4) is 0 Å². The summed E-state index contributed by atoms with van der Waals surface area (Å²) < 4.78 is 17.1. The van der Waals surface area contributed by atoms with Crippen molar-refractivity contribution in [2.45, 2.75) is 6.92 Å². The van der Waals surface area contributed by atoms with E-state index in [9.17, 15) is 0 Å². The largest absolute Gasteiger partial charge is 0.536 e. The van der Waals surface area contributed by atoms with E-state index in [1.165, 1.54) is 5.56 Å². The maximum Gasteiger partial charge on any atom is 0.536 e. The van der Waals surface area contributed by atoms with Crippen LogP contribution in [0.2, 0.25) is 0 Å². The molecule has 6 heteroatoms. The third kappa shape index (κ3) is 6.38. The molecule has 6 rings (SSSR count). The number of aryl methyl sites for hydroxylation is 1. The monoisotopic (exact) mass is 622 g/mol. The smallest absolute Gasteiger partial charge is 0.373 e. The van der Waals surface area contributed by atoms with E-state index < -0.39 is 8.80 Å². The van der Waals surface area contributed by atoms with Crippen LogP contribution >= 0.6 is 0 Å². The predicted molar refractivity (Wildman–Crippen MR) is 192 cm³/mol. The van der Waals surface area contributed by atoms with E-state index in [0.29, 0.717) is 0 Å². The lowest BCUT2D eigenvalue weighted by molar-refractivity contribution is 0.140. The molecule has 0 aliphatic heterocycles. The molecule has 5 nitrogen and oxygen atoms in total. The highest BCUT2D eigenvalue weighted by Gasteiger charge is 2.40. The summed E-state index contributed by atoms with van der Waals surface area (Å²) in [6, 6.07) is 55.2. The Bertz CT molecular complexity index is 1780. The van der Waals surface area contributed by atoms with Crippen molar-refractivity contribution in [2.75, 3.05) is 31.1 Å². The maximum absolute atomic E-state index is 5.70. The van der Waals surface area contributed by atoms with Gasteiger partial charge in [-0.3, -0.25) is 0 Å². The zero-order chi connectivity index (χ0) is 31.9. The first-order valence-corrected chi connectivity index (χ1v) is 17.0. The van der Waals surface area contributed by atoms with E-state index in [1.54, 1.807) is 21.3 Å². The molecular weight excluding hydrogens is 585 g/mol. The Morgan fingerprint density at radius 3 is 1.02 bits per heavy atom. The van der Waals surface area contributed by atoms with Crippen molar-refractivity contribution < 1.29 is 13.3 Å². The average Bonchev–Trinajstić information content (AvgIpc) is 3.12. The Morgan fingerprint density at radius 1 is 0.370 bits per heavy atom. The van der Waals surface area contributed by atoms with Crippen LogP contribution in [-0.2, 0) is 13.3 Å². The molecule has 0 aliphatic rings. The van der Waals surface area contributed by atoms with Gasteiger partial charge in [0.2, 0.25) is 0 Å². The average molecular weight is 623 g/mol. The Labute approximate surface area is 273 Å². The third-order valence-corrected chi connectivity index (χ3v) is 10.8. The Morgan fingerprint density at radius 2 is 0.674 bits per heavy atom. The topological polar surface area (TPSA) is 34.2 Å². The Kier molecular flexibility index (Phi) is 9.43. The predicted octanol–water partition coefficient (Wildman–Crippen LogP) is 9.69. The highest BCUT2D eigenvalue weighted by Crippen LogP contribution is 2.37. The van der Waals surface area contributed by atoms with Crippen LogP contribution in [0.1, 0.15) is 5.56 Å². The number of rotatable bonds is 11. The van der Waals surface area contributed by atoms with Gasteiger partial charge < -0.3 is 23.1 Å². The number of para-hydroxylation sites is 2. The molecule has 0 saturated heterocycles. The molecule has 0 atom stereocenters. The van der Waals surface area contributed by atoms with E-state index in [0.717, 1.165) is 50.4 Å². The van der Waals surface area contributed by atoms with Gasteiger partial charge in [0, 0.05) is 60.6 Å². The summed E-state index contributed by atoms with van der Waals surface area (Å²) in [7, 11) is 1.95. The number of hydrogen-bond acceptors (Lipinski definition) is 5. The standard InChI is InChI=1S/C40H38N2O3Si/c1-31-15-21-36(22-16-31)42(39-27-29-40(30-28-39)46(43-2,44-3)45-4)38-25-19-33(20-26-38)32-17-23-37(24-18-32)41(34-11-7-5-8-12-34)35-13-9-6-10-14-35/h5-30H,1-4H3. The lowest BCUT2D eigenvalue weighted by atomic mass is 10.0. The Balaban J connectivity index is 1.31. The number of hydrogen-bond donors (Lipinski definition) is 0. The maximum atomic E-state index is 5.70. The molecule has 0 aromatic heterocycles. The van der Waals surface area contributed by atoms with Crippen molar-refractivity contribution in [3.63, 3.8) is 0 Å². The second-order valence-electron chi connectivity index (χ2n) is 11.0. The fraction of sp³-hybridized carbons (Fsp3) is 0.100. The molecule has 6 aromatic carbocycles. The van der Waals surface area contributed by atoms with Crippen molar-refractivity contribution in [3.8, 4) is 11.1 Å². The van der Waals surface area contributed by atoms with Crippen LogP contribution in [-0.4, -0.2) is 30.1 Å². The van der Waals surface area contributed by atoms with Crippen LogP contribution in [0.4, 0.5) is 34.1 Å². The van der Waals surface area contributed by atoms with Gasteiger partial charge in [0.15, 0.2) is 0 Å². The minimum Gasteiger partial charge on any atom is -0.373 e. The summed E-state index contributed by atoms with van der Waals surface area (Å²) in [5, 5.41) is 0.907. The molecule has 0 heterocycles. The number of anilines is 6. The molecule has 0 radical (unpaired) electrons. The molecule has 0 N–H and O–H groups in total. The summed E-state index contributed by atoms with van der Waals surface area (Å²) in [5.41, 5.74) is 10.0. The van der Waals surface area contributed by atoms with E-state index in [2.05, 4.69) is 150 Å². The van der Waals surface area contributed by atoms with Gasteiger partial charge >= 0.3 is 8.80 Å². The van der Waals surface area contributed by atoms with Gasteiger partial charge in [-0.05, 0) is 90.8 Å². The fourth-order valence-electron chi connectivity index (χ4n) is 5.77. The zero-order valence-electron chi connectivity index (χ0n) is 26.6. The lowest BCUT2D eigenvalue weighted by Crippen LogP contribution is -2.54. The van der Waals surface area contributed by atoms with Gasteiger partial charge in [0.25, 0.3) is 0 Å². The molecule has 46 heavy (non-hydrogen) atoms. The van der Waals surface area contributed by atoms with Crippen LogP contribution < -0.4 is 15.0 Å². The van der Waals surface area contributed by atoms with Crippen molar-refractivity contribution in [1.29, 1.82) is 0 Å². The fourth-order valence-corrected chi connectivity index (χ4v) is 7.55. The molecule has 6 aromatic rings. The first kappa shape index (κ1) is 31.0. The summed E-state index contributed by atoms with van der Waals surface area (Å²) in [5.74, 6) is 0. The van der Waals surface area contributed by atoms with E-state index in [4.69, 9.17) is 13.3 Å². The van der Waals surface area contributed by atoms with Gasteiger partial charge in [0.1, 0.15) is 0 Å². The van der Waals surface area contributed by atoms with E-state index in [1.807, 2.05) is 24.3 Å². The van der Waals surface area contributed by atoms with Gasteiger partial charge in [-0.15, -0.1) is 0 Å². The molecule has 0 bridgehead atoms. The molecule has 230 valence electrons. The van der Waals surface area contributed by atoms with Crippen LogP contribution in [0.5, 0.6) is 0 Å². The van der Waals surface area contributed by atoms with Crippen LogP contribution in [0, 0.1) is 6.92 Å². The summed E-state index contributed by atoms with van der Waals surface area (Å²) >= 11 is 0. The van der Waals surface area contributed by atoms with Crippen molar-refractivity contribution in [2.24, 2.45) is 0 Å². The second kappa shape index (κ2) is 14.0. The molecule has 0 saturated carbocycles. The highest BCUT2D eigenvalue weighted by atomic mass is 28.4. The number of nitrogens with zero attached hydrogens (tertiary/aromatic N) is 2. The zero-order valence-corrected chi connectivity index (χ0v) is 27.6. The SMILES string of the molecule is CO[Si](OC)(OC)c1ccc(N(c2ccc(C)cc2)c2ccc(-c3ccc(N(c4ccccc4)c4ccccc4)cc3)cc2)cc1. The van der Waals surface area contributed by atoms with Gasteiger partial charge in [-0.1, -0.05) is 90.5 Å². The molecular formula is C40H38N2O3Si. The summed E-state index contributed by atoms with van der Waals surface area (Å²) in [6.07, 6.45) is 0. The van der Waals surface area contributed by atoms with Gasteiger partial charge in [-0.2, -0.15) is 0 Å². The first-order valence-electron chi connectivity index (χ1n) is 15.3. The summed E-state index contributed by atoms with van der Waals surface area (Å²) in [4.78, 5) is 4.53. The van der Waals surface area contributed by atoms with Gasteiger partial charge in [0.05, 0.1) is 0 Å². The number of benzene rings is 6. The lowest BCUT2D eigenvalue weighted by Gasteiger charge is -2.28. The third-order valence-electron chi connectivity index (χ3n) is 8.19. The normalized spacial score (nSPS) is 11.3. The van der Waals surface area contributed by atoms with Crippen LogP contribution in [0.15, 0.2) is 158 Å². The van der Waals surface area contributed by atoms with Crippen LogP contribution in [0.25, 0.3) is 11.1 Å². The highest BCUT2D eigenvalue weighted by molar-refractivity contribution is 6.75. The van der Waals surface area contributed by atoms with E-state index in [-0.39, 0.29) is 0 Å². The molecule has 0 unspecified atom stereocenters.